The second-order valence-electron chi connectivity index (χ2n) is 5.79. The quantitative estimate of drug-likeness (QED) is 0.836. The monoisotopic (exact) mass is 380 g/mol. The molecule has 2 aromatic rings. The van der Waals surface area contributed by atoms with Gasteiger partial charge in [-0.1, -0.05) is 17.7 Å². The van der Waals surface area contributed by atoms with Gasteiger partial charge in [0.15, 0.2) is 0 Å². The van der Waals surface area contributed by atoms with E-state index < -0.39 is 10.0 Å². The van der Waals surface area contributed by atoms with E-state index in [2.05, 4.69) is 4.72 Å². The van der Waals surface area contributed by atoms with Crippen LogP contribution in [-0.2, 0) is 14.8 Å². The van der Waals surface area contributed by atoms with E-state index in [1.807, 2.05) is 32.0 Å². The van der Waals surface area contributed by atoms with Crippen molar-refractivity contribution in [2.45, 2.75) is 25.7 Å². The van der Waals surface area contributed by atoms with E-state index in [1.165, 1.54) is 31.2 Å². The molecule has 2 rings (SSSR count). The van der Waals surface area contributed by atoms with Gasteiger partial charge in [-0.25, -0.2) is 13.1 Å². The Hall–Kier alpha value is -1.89. The van der Waals surface area contributed by atoms with Gasteiger partial charge in [-0.05, 0) is 61.4 Å². The Kier molecular flexibility index (Phi) is 6.21. The number of nitrogens with zero attached hydrogens (tertiary/aromatic N) is 1. The predicted molar refractivity (Wildman–Crippen MR) is 101 cm³/mol. The van der Waals surface area contributed by atoms with Crippen molar-refractivity contribution in [2.75, 3.05) is 18.0 Å². The maximum absolute atomic E-state index is 12.3. The molecule has 0 aliphatic heterocycles. The van der Waals surface area contributed by atoms with E-state index in [1.54, 1.807) is 4.90 Å². The lowest BCUT2D eigenvalue weighted by Crippen LogP contribution is -2.37. The molecule has 0 fully saturated rings. The van der Waals surface area contributed by atoms with Crippen molar-refractivity contribution in [3.8, 4) is 0 Å². The van der Waals surface area contributed by atoms with Crippen molar-refractivity contribution in [1.29, 1.82) is 0 Å². The fourth-order valence-electron chi connectivity index (χ4n) is 2.35. The Bertz CT molecular complexity index is 864. The number of halogens is 1. The lowest BCUT2D eigenvalue weighted by atomic mass is 10.1. The van der Waals surface area contributed by atoms with Crippen LogP contribution in [0.1, 0.15) is 18.1 Å². The number of aryl methyl sites for hydroxylation is 2. The van der Waals surface area contributed by atoms with Crippen molar-refractivity contribution in [3.05, 3.63) is 58.6 Å². The number of benzene rings is 2. The molecule has 0 spiro atoms. The molecule has 0 aromatic heterocycles. The number of nitrogens with one attached hydrogen (secondary N) is 1. The Balaban J connectivity index is 2.07. The van der Waals surface area contributed by atoms with Gasteiger partial charge in [-0.3, -0.25) is 4.79 Å². The average molecular weight is 381 g/mol. The summed E-state index contributed by atoms with van der Waals surface area (Å²) in [5, 5.41) is 0.469. The fourth-order valence-corrected chi connectivity index (χ4v) is 3.50. The van der Waals surface area contributed by atoms with Crippen molar-refractivity contribution < 1.29 is 13.2 Å². The Morgan fingerprint density at radius 1 is 1.08 bits per heavy atom. The molecule has 0 bridgehead atoms. The number of hydrogen-bond donors (Lipinski definition) is 1. The first-order valence-corrected chi connectivity index (χ1v) is 9.67. The van der Waals surface area contributed by atoms with Crippen LogP contribution in [0.25, 0.3) is 0 Å². The van der Waals surface area contributed by atoms with E-state index in [9.17, 15) is 13.2 Å². The van der Waals surface area contributed by atoms with Crippen LogP contribution in [0.15, 0.2) is 47.4 Å². The number of rotatable bonds is 6. The summed E-state index contributed by atoms with van der Waals surface area (Å²) in [6.45, 7) is 5.78. The molecule has 0 heterocycles. The topological polar surface area (TPSA) is 66.5 Å². The van der Waals surface area contributed by atoms with Gasteiger partial charge in [0.05, 0.1) is 4.90 Å². The molecule has 2 aromatic carbocycles. The number of carbonyl (C=O) groups excluding carboxylic acids is 1. The first-order valence-electron chi connectivity index (χ1n) is 7.81. The highest BCUT2D eigenvalue weighted by molar-refractivity contribution is 7.89. The first-order chi connectivity index (χ1) is 11.7. The van der Waals surface area contributed by atoms with E-state index in [4.69, 9.17) is 11.6 Å². The second kappa shape index (κ2) is 7.99. The summed E-state index contributed by atoms with van der Waals surface area (Å²) in [7, 11) is -3.64. The number of sulfonamides is 1. The first kappa shape index (κ1) is 19.4. The third kappa shape index (κ3) is 5.04. The van der Waals surface area contributed by atoms with Crippen LogP contribution < -0.4 is 9.62 Å². The van der Waals surface area contributed by atoms with Gasteiger partial charge in [0.1, 0.15) is 0 Å². The Labute approximate surface area is 153 Å². The molecule has 0 radical (unpaired) electrons. The predicted octanol–water partition coefficient (Wildman–Crippen LogP) is 3.29. The number of carbonyl (C=O) groups is 1. The molecule has 0 saturated carbocycles. The fraction of sp³-hybridized carbons (Fsp3) is 0.278. The van der Waals surface area contributed by atoms with Crippen LogP contribution in [0.4, 0.5) is 5.69 Å². The van der Waals surface area contributed by atoms with Crippen molar-refractivity contribution in [3.63, 3.8) is 0 Å². The van der Waals surface area contributed by atoms with Crippen LogP contribution in [0.2, 0.25) is 5.02 Å². The van der Waals surface area contributed by atoms with Gasteiger partial charge in [-0.2, -0.15) is 0 Å². The third-order valence-electron chi connectivity index (χ3n) is 3.93. The highest BCUT2D eigenvalue weighted by atomic mass is 35.5. The zero-order valence-corrected chi connectivity index (χ0v) is 16.0. The van der Waals surface area contributed by atoms with E-state index in [0.29, 0.717) is 5.02 Å². The lowest BCUT2D eigenvalue weighted by Gasteiger charge is -2.22. The summed E-state index contributed by atoms with van der Waals surface area (Å²) in [6.07, 6.45) is 0. The highest BCUT2D eigenvalue weighted by Gasteiger charge is 2.16. The van der Waals surface area contributed by atoms with Crippen LogP contribution >= 0.6 is 11.6 Å². The largest absolute Gasteiger partial charge is 0.311 e. The summed E-state index contributed by atoms with van der Waals surface area (Å²) in [6, 6.07) is 11.6. The van der Waals surface area contributed by atoms with Gasteiger partial charge in [-0.15, -0.1) is 0 Å². The molecule has 1 amide bonds. The van der Waals surface area contributed by atoms with Crippen molar-refractivity contribution >= 4 is 33.2 Å². The summed E-state index contributed by atoms with van der Waals surface area (Å²) < 4.78 is 27.1. The molecular formula is C18H21ClN2O3S. The van der Waals surface area contributed by atoms with E-state index >= 15 is 0 Å². The average Bonchev–Trinajstić information content (AvgIpc) is 2.54. The van der Waals surface area contributed by atoms with Gasteiger partial charge in [0.2, 0.25) is 15.9 Å². The molecule has 7 heteroatoms. The van der Waals surface area contributed by atoms with Gasteiger partial charge in [0.25, 0.3) is 0 Å². The molecule has 1 N–H and O–H groups in total. The Morgan fingerprint density at radius 3 is 2.28 bits per heavy atom. The molecule has 0 atom stereocenters. The van der Waals surface area contributed by atoms with E-state index in [0.717, 1.165) is 16.8 Å². The summed E-state index contributed by atoms with van der Waals surface area (Å²) >= 11 is 5.77. The van der Waals surface area contributed by atoms with Crippen molar-refractivity contribution in [1.82, 2.24) is 4.72 Å². The lowest BCUT2D eigenvalue weighted by molar-refractivity contribution is -0.116. The molecule has 134 valence electrons. The molecule has 0 aliphatic rings. The number of anilines is 1. The molecule has 0 aliphatic carbocycles. The zero-order valence-electron chi connectivity index (χ0n) is 14.4. The standard InChI is InChI=1S/C18H21ClN2O3S/c1-13-4-7-17(12-14(13)2)21(15(3)22)11-10-20-25(23,24)18-8-5-16(19)6-9-18/h4-9,12,20H,10-11H2,1-3H3. The maximum Gasteiger partial charge on any atom is 0.240 e. The van der Waals surface area contributed by atoms with Crippen molar-refractivity contribution in [2.24, 2.45) is 0 Å². The van der Waals surface area contributed by atoms with E-state index in [-0.39, 0.29) is 23.9 Å². The maximum atomic E-state index is 12.3. The van der Waals surface area contributed by atoms with Crippen LogP contribution in [0, 0.1) is 13.8 Å². The smallest absolute Gasteiger partial charge is 0.240 e. The minimum Gasteiger partial charge on any atom is -0.311 e. The summed E-state index contributed by atoms with van der Waals surface area (Å²) in [5.41, 5.74) is 2.96. The number of amides is 1. The molecule has 25 heavy (non-hydrogen) atoms. The molecule has 0 unspecified atom stereocenters. The SMILES string of the molecule is CC(=O)N(CCNS(=O)(=O)c1ccc(Cl)cc1)c1ccc(C)c(C)c1. The Morgan fingerprint density at radius 2 is 1.72 bits per heavy atom. The second-order valence-corrected chi connectivity index (χ2v) is 7.99. The van der Waals surface area contributed by atoms with Crippen LogP contribution in [0.5, 0.6) is 0 Å². The minimum absolute atomic E-state index is 0.109. The van der Waals surface area contributed by atoms with Gasteiger partial charge >= 0.3 is 0 Å². The zero-order chi connectivity index (χ0) is 18.6. The minimum atomic E-state index is -3.64. The normalized spacial score (nSPS) is 11.4. The molecule has 0 saturated heterocycles. The van der Waals surface area contributed by atoms with Gasteiger partial charge in [0, 0.05) is 30.7 Å². The molecule has 5 nitrogen and oxygen atoms in total. The molecular weight excluding hydrogens is 360 g/mol. The third-order valence-corrected chi connectivity index (χ3v) is 5.66. The van der Waals surface area contributed by atoms with Crippen LogP contribution in [0.3, 0.4) is 0 Å². The summed E-state index contributed by atoms with van der Waals surface area (Å²) in [4.78, 5) is 13.6. The number of hydrogen-bond acceptors (Lipinski definition) is 3. The van der Waals surface area contributed by atoms with Gasteiger partial charge < -0.3 is 4.90 Å². The van der Waals surface area contributed by atoms with Crippen LogP contribution in [-0.4, -0.2) is 27.4 Å². The summed E-state index contributed by atoms with van der Waals surface area (Å²) in [5.74, 6) is -0.144. The highest BCUT2D eigenvalue weighted by Crippen LogP contribution is 2.19.